The lowest BCUT2D eigenvalue weighted by atomic mass is 10.2. The van der Waals surface area contributed by atoms with Crippen LogP contribution in [0.3, 0.4) is 0 Å². The van der Waals surface area contributed by atoms with E-state index in [0.29, 0.717) is 5.56 Å². The Morgan fingerprint density at radius 1 is 1.31 bits per heavy atom. The van der Waals surface area contributed by atoms with Crippen LogP contribution in [0.4, 0.5) is 5.69 Å². The summed E-state index contributed by atoms with van der Waals surface area (Å²) in [6, 6.07) is 9.56. The number of nitrogens with zero attached hydrogens (tertiary/aromatic N) is 4. The average Bonchev–Trinajstić information content (AvgIpc) is 2.78. The molecule has 0 unspecified atom stereocenters. The summed E-state index contributed by atoms with van der Waals surface area (Å²) in [5.74, 6) is 0. The molecule has 0 atom stereocenters. The molecule has 0 amide bonds. The van der Waals surface area contributed by atoms with Gasteiger partial charge in [-0.2, -0.15) is 10.4 Å². The summed E-state index contributed by atoms with van der Waals surface area (Å²) in [5, 5.41) is 13.2. The normalized spacial score (nSPS) is 9.81. The fraction of sp³-hybridized carbons (Fsp3) is 0.167. The van der Waals surface area contributed by atoms with Gasteiger partial charge in [-0.15, -0.1) is 0 Å². The highest BCUT2D eigenvalue weighted by atomic mass is 15.3. The summed E-state index contributed by atoms with van der Waals surface area (Å²) in [6.45, 7) is 0. The average molecular weight is 212 g/mol. The van der Waals surface area contributed by atoms with Crippen LogP contribution in [-0.4, -0.2) is 23.9 Å². The Hall–Kier alpha value is -2.28. The molecule has 0 radical (unpaired) electrons. The molecule has 0 saturated heterocycles. The number of nitriles is 1. The zero-order valence-electron chi connectivity index (χ0n) is 9.25. The van der Waals surface area contributed by atoms with E-state index >= 15 is 0 Å². The van der Waals surface area contributed by atoms with E-state index in [1.54, 1.807) is 16.9 Å². The van der Waals surface area contributed by atoms with Crippen molar-refractivity contribution in [3.8, 4) is 11.8 Å². The first-order chi connectivity index (χ1) is 7.72. The van der Waals surface area contributed by atoms with Crippen molar-refractivity contribution in [2.24, 2.45) is 0 Å². The van der Waals surface area contributed by atoms with Gasteiger partial charge in [0.25, 0.3) is 0 Å². The van der Waals surface area contributed by atoms with Crippen LogP contribution in [0, 0.1) is 11.3 Å². The molecule has 0 fully saturated rings. The third-order valence-corrected chi connectivity index (χ3v) is 2.36. The van der Waals surface area contributed by atoms with Crippen LogP contribution in [0.25, 0.3) is 5.69 Å². The highest BCUT2D eigenvalue weighted by molar-refractivity contribution is 5.50. The number of hydrogen-bond donors (Lipinski definition) is 0. The van der Waals surface area contributed by atoms with Crippen LogP contribution in [-0.2, 0) is 0 Å². The summed E-state index contributed by atoms with van der Waals surface area (Å²) < 4.78 is 1.72. The molecule has 2 rings (SSSR count). The van der Waals surface area contributed by atoms with Gasteiger partial charge in [-0.1, -0.05) is 12.1 Å². The third kappa shape index (κ3) is 1.75. The number of para-hydroxylation sites is 1. The molecule has 0 aliphatic rings. The number of rotatable bonds is 2. The monoisotopic (exact) mass is 212 g/mol. The second-order valence-corrected chi connectivity index (χ2v) is 3.67. The topological polar surface area (TPSA) is 44.9 Å². The molecule has 0 bridgehead atoms. The predicted octanol–water partition coefficient (Wildman–Crippen LogP) is 1.81. The largest absolute Gasteiger partial charge is 0.375 e. The molecule has 80 valence electrons. The Labute approximate surface area is 94.3 Å². The molecule has 0 aliphatic carbocycles. The number of benzene rings is 1. The molecule has 2 aromatic rings. The number of aromatic nitrogens is 2. The van der Waals surface area contributed by atoms with Crippen LogP contribution < -0.4 is 4.90 Å². The Kier molecular flexibility index (Phi) is 2.61. The summed E-state index contributed by atoms with van der Waals surface area (Å²) >= 11 is 0. The fourth-order valence-electron chi connectivity index (χ4n) is 1.44. The van der Waals surface area contributed by atoms with Gasteiger partial charge in [-0.25, -0.2) is 4.68 Å². The minimum absolute atomic E-state index is 0.621. The number of anilines is 1. The van der Waals surface area contributed by atoms with E-state index in [9.17, 15) is 0 Å². The van der Waals surface area contributed by atoms with Crippen molar-refractivity contribution < 1.29 is 0 Å². The molecule has 1 aromatic carbocycles. The second kappa shape index (κ2) is 4.07. The Morgan fingerprint density at radius 3 is 2.69 bits per heavy atom. The van der Waals surface area contributed by atoms with Crippen molar-refractivity contribution in [3.63, 3.8) is 0 Å². The molecule has 4 nitrogen and oxygen atoms in total. The predicted molar refractivity (Wildman–Crippen MR) is 62.6 cm³/mol. The van der Waals surface area contributed by atoms with Gasteiger partial charge >= 0.3 is 0 Å². The van der Waals surface area contributed by atoms with Crippen molar-refractivity contribution in [2.75, 3.05) is 19.0 Å². The Morgan fingerprint density at radius 2 is 2.06 bits per heavy atom. The highest BCUT2D eigenvalue weighted by Gasteiger charge is 2.05. The van der Waals surface area contributed by atoms with Crippen LogP contribution in [0.2, 0.25) is 0 Å². The van der Waals surface area contributed by atoms with E-state index in [0.717, 1.165) is 11.4 Å². The molecule has 0 N–H and O–H groups in total. The summed E-state index contributed by atoms with van der Waals surface area (Å²) in [5.41, 5.74) is 2.43. The van der Waals surface area contributed by atoms with Crippen molar-refractivity contribution in [1.29, 1.82) is 5.26 Å². The van der Waals surface area contributed by atoms with E-state index < -0.39 is 0 Å². The zero-order valence-corrected chi connectivity index (χ0v) is 9.25. The third-order valence-electron chi connectivity index (χ3n) is 2.36. The first kappa shape index (κ1) is 10.2. The maximum atomic E-state index is 8.99. The molecule has 1 aromatic heterocycles. The van der Waals surface area contributed by atoms with E-state index in [1.165, 1.54) is 0 Å². The summed E-state index contributed by atoms with van der Waals surface area (Å²) in [6.07, 6.45) is 3.67. The minimum Gasteiger partial charge on any atom is -0.375 e. The SMILES string of the molecule is CN(C)c1cnn(-c2ccccc2C#N)c1. The van der Waals surface area contributed by atoms with Crippen molar-refractivity contribution >= 4 is 5.69 Å². The second-order valence-electron chi connectivity index (χ2n) is 3.67. The smallest absolute Gasteiger partial charge is 0.101 e. The maximum absolute atomic E-state index is 8.99. The van der Waals surface area contributed by atoms with Crippen molar-refractivity contribution in [2.45, 2.75) is 0 Å². The zero-order chi connectivity index (χ0) is 11.5. The van der Waals surface area contributed by atoms with Gasteiger partial charge in [0.1, 0.15) is 6.07 Å². The van der Waals surface area contributed by atoms with Crippen LogP contribution in [0.5, 0.6) is 0 Å². The lowest BCUT2D eigenvalue weighted by molar-refractivity contribution is 0.877. The molecule has 0 spiro atoms. The van der Waals surface area contributed by atoms with E-state index in [-0.39, 0.29) is 0 Å². The first-order valence-corrected chi connectivity index (χ1v) is 4.94. The molecule has 0 aliphatic heterocycles. The number of hydrogen-bond acceptors (Lipinski definition) is 3. The van der Waals surface area contributed by atoms with Gasteiger partial charge in [-0.05, 0) is 12.1 Å². The summed E-state index contributed by atoms with van der Waals surface area (Å²) in [4.78, 5) is 1.97. The van der Waals surface area contributed by atoms with Gasteiger partial charge in [0.05, 0.1) is 29.3 Å². The lowest BCUT2D eigenvalue weighted by Crippen LogP contribution is -2.07. The highest BCUT2D eigenvalue weighted by Crippen LogP contribution is 2.16. The van der Waals surface area contributed by atoms with E-state index in [2.05, 4.69) is 11.2 Å². The molecule has 0 saturated carbocycles. The van der Waals surface area contributed by atoms with Crippen molar-refractivity contribution in [3.05, 3.63) is 42.2 Å². The molecule has 16 heavy (non-hydrogen) atoms. The Balaban J connectivity index is 2.47. The minimum atomic E-state index is 0.621. The van der Waals surface area contributed by atoms with Crippen LogP contribution in [0.1, 0.15) is 5.56 Å². The van der Waals surface area contributed by atoms with Crippen LogP contribution in [0.15, 0.2) is 36.7 Å². The molecule has 4 heteroatoms. The Bertz CT molecular complexity index is 534. The molecule has 1 heterocycles. The van der Waals surface area contributed by atoms with E-state index in [1.807, 2.05) is 43.4 Å². The van der Waals surface area contributed by atoms with Crippen molar-refractivity contribution in [1.82, 2.24) is 9.78 Å². The maximum Gasteiger partial charge on any atom is 0.101 e. The van der Waals surface area contributed by atoms with Gasteiger partial charge in [-0.3, -0.25) is 0 Å². The van der Waals surface area contributed by atoms with E-state index in [4.69, 9.17) is 5.26 Å². The van der Waals surface area contributed by atoms with Gasteiger partial charge in [0.2, 0.25) is 0 Å². The summed E-state index contributed by atoms with van der Waals surface area (Å²) in [7, 11) is 3.91. The molecular weight excluding hydrogens is 200 g/mol. The standard InChI is InChI=1S/C12H12N4/c1-15(2)11-8-14-16(9-11)12-6-4-3-5-10(12)7-13/h3-6,8-9H,1-2H3. The van der Waals surface area contributed by atoms with Gasteiger partial charge in [0.15, 0.2) is 0 Å². The van der Waals surface area contributed by atoms with Gasteiger partial charge < -0.3 is 4.90 Å². The van der Waals surface area contributed by atoms with Crippen LogP contribution >= 0.6 is 0 Å². The lowest BCUT2D eigenvalue weighted by Gasteiger charge is -2.07. The molecular formula is C12H12N4. The van der Waals surface area contributed by atoms with Gasteiger partial charge in [0, 0.05) is 14.1 Å². The quantitative estimate of drug-likeness (QED) is 0.762. The first-order valence-electron chi connectivity index (χ1n) is 4.94. The fourth-order valence-corrected chi connectivity index (χ4v) is 1.44.